The number of amides is 1. The molecule has 0 aliphatic carbocycles. The quantitative estimate of drug-likeness (QED) is 0.855. The number of aliphatic hydroxyl groups excluding tert-OH is 1. The highest BCUT2D eigenvalue weighted by Crippen LogP contribution is 2.20. The largest absolute Gasteiger partial charge is 0.391 e. The van der Waals surface area contributed by atoms with Crippen molar-refractivity contribution < 1.29 is 9.90 Å². The number of halogens is 1. The number of carbonyl (C=O) groups excluding carboxylic acids is 1. The second-order valence-corrected chi connectivity index (χ2v) is 4.47. The van der Waals surface area contributed by atoms with Crippen LogP contribution >= 0.6 is 11.6 Å². The molecule has 1 aromatic rings. The Morgan fingerprint density at radius 3 is 2.94 bits per heavy atom. The van der Waals surface area contributed by atoms with Gasteiger partial charge in [-0.05, 0) is 18.1 Å². The van der Waals surface area contributed by atoms with Crippen LogP contribution in [0.5, 0.6) is 0 Å². The molecule has 3 nitrogen and oxygen atoms in total. The molecule has 16 heavy (non-hydrogen) atoms. The number of aliphatic hydroxyl groups is 1. The molecule has 1 saturated heterocycles. The summed E-state index contributed by atoms with van der Waals surface area (Å²) in [7, 11) is 0. The standard InChI is InChI=1S/C12H14ClNO2/c13-11-4-2-1-3-9(11)7-14-8-10(15)5-6-12(14)16/h1-4,10,15H,5-8H2. The van der Waals surface area contributed by atoms with Crippen LogP contribution < -0.4 is 0 Å². The molecule has 1 atom stereocenters. The van der Waals surface area contributed by atoms with Gasteiger partial charge in [0.15, 0.2) is 0 Å². The van der Waals surface area contributed by atoms with Crippen LogP contribution in [0.1, 0.15) is 18.4 Å². The van der Waals surface area contributed by atoms with Gasteiger partial charge < -0.3 is 10.0 Å². The fraction of sp³-hybridized carbons (Fsp3) is 0.417. The molecule has 1 N–H and O–H groups in total. The second-order valence-electron chi connectivity index (χ2n) is 4.06. The molecule has 2 rings (SSSR count). The SMILES string of the molecule is O=C1CCC(O)CN1Cc1ccccc1Cl. The van der Waals surface area contributed by atoms with Gasteiger partial charge in [0.05, 0.1) is 6.10 Å². The normalized spacial score (nSPS) is 21.2. The molecule has 0 radical (unpaired) electrons. The zero-order valence-electron chi connectivity index (χ0n) is 8.90. The molecule has 0 spiro atoms. The molecule has 1 aliphatic rings. The molecule has 1 amide bonds. The number of carbonyl (C=O) groups is 1. The zero-order chi connectivity index (χ0) is 11.5. The van der Waals surface area contributed by atoms with E-state index in [9.17, 15) is 9.90 Å². The monoisotopic (exact) mass is 239 g/mol. The Morgan fingerprint density at radius 1 is 1.44 bits per heavy atom. The Bertz CT molecular complexity index is 394. The second kappa shape index (κ2) is 4.85. The molecular formula is C12H14ClNO2. The summed E-state index contributed by atoms with van der Waals surface area (Å²) in [5.74, 6) is 0.0882. The Hall–Kier alpha value is -1.06. The van der Waals surface area contributed by atoms with E-state index in [1.807, 2.05) is 24.3 Å². The first-order valence-corrected chi connectivity index (χ1v) is 5.74. The van der Waals surface area contributed by atoms with E-state index < -0.39 is 6.10 Å². The number of piperidine rings is 1. The maximum atomic E-state index is 11.6. The first-order chi connectivity index (χ1) is 7.66. The van der Waals surface area contributed by atoms with Crippen LogP contribution in [-0.4, -0.2) is 28.6 Å². The zero-order valence-corrected chi connectivity index (χ0v) is 9.65. The molecular weight excluding hydrogens is 226 g/mol. The third-order valence-corrected chi connectivity index (χ3v) is 3.16. The maximum Gasteiger partial charge on any atom is 0.223 e. The molecule has 4 heteroatoms. The molecule has 1 fully saturated rings. The van der Waals surface area contributed by atoms with Gasteiger partial charge in [0.2, 0.25) is 5.91 Å². The fourth-order valence-corrected chi connectivity index (χ4v) is 2.08. The van der Waals surface area contributed by atoms with Gasteiger partial charge in [-0.2, -0.15) is 0 Å². The minimum atomic E-state index is -0.403. The number of likely N-dealkylation sites (tertiary alicyclic amines) is 1. The highest BCUT2D eigenvalue weighted by atomic mass is 35.5. The summed E-state index contributed by atoms with van der Waals surface area (Å²) >= 11 is 6.03. The van der Waals surface area contributed by atoms with Crippen LogP contribution in [0.2, 0.25) is 5.02 Å². The number of rotatable bonds is 2. The van der Waals surface area contributed by atoms with Crippen LogP contribution in [0.15, 0.2) is 24.3 Å². The van der Waals surface area contributed by atoms with Crippen molar-refractivity contribution in [2.24, 2.45) is 0 Å². The minimum Gasteiger partial charge on any atom is -0.391 e. The van der Waals surface area contributed by atoms with Gasteiger partial charge in [-0.3, -0.25) is 4.79 Å². The van der Waals surface area contributed by atoms with Gasteiger partial charge in [-0.15, -0.1) is 0 Å². The number of hydrogen-bond acceptors (Lipinski definition) is 2. The number of nitrogens with zero attached hydrogens (tertiary/aromatic N) is 1. The molecule has 1 heterocycles. The summed E-state index contributed by atoms with van der Waals surface area (Å²) < 4.78 is 0. The predicted molar refractivity (Wildman–Crippen MR) is 62.1 cm³/mol. The third-order valence-electron chi connectivity index (χ3n) is 2.79. The van der Waals surface area contributed by atoms with Crippen LogP contribution in [0.25, 0.3) is 0 Å². The molecule has 1 aliphatic heterocycles. The van der Waals surface area contributed by atoms with E-state index in [4.69, 9.17) is 11.6 Å². The van der Waals surface area contributed by atoms with E-state index in [1.54, 1.807) is 4.90 Å². The third kappa shape index (κ3) is 2.54. The van der Waals surface area contributed by atoms with E-state index in [0.717, 1.165) is 5.56 Å². The highest BCUT2D eigenvalue weighted by molar-refractivity contribution is 6.31. The van der Waals surface area contributed by atoms with Crippen molar-refractivity contribution in [2.75, 3.05) is 6.54 Å². The van der Waals surface area contributed by atoms with Gasteiger partial charge in [-0.1, -0.05) is 29.8 Å². The fourth-order valence-electron chi connectivity index (χ4n) is 1.88. The summed E-state index contributed by atoms with van der Waals surface area (Å²) in [5, 5.41) is 10.2. The van der Waals surface area contributed by atoms with E-state index in [0.29, 0.717) is 31.0 Å². The van der Waals surface area contributed by atoms with Crippen molar-refractivity contribution >= 4 is 17.5 Å². The van der Waals surface area contributed by atoms with E-state index in [2.05, 4.69) is 0 Å². The van der Waals surface area contributed by atoms with Gasteiger partial charge >= 0.3 is 0 Å². The summed E-state index contributed by atoms with van der Waals surface area (Å²) in [4.78, 5) is 13.3. The van der Waals surface area contributed by atoms with Gasteiger partial charge in [0.1, 0.15) is 0 Å². The predicted octanol–water partition coefficient (Wildman–Crippen LogP) is 1.82. The van der Waals surface area contributed by atoms with Crippen LogP contribution in [0.3, 0.4) is 0 Å². The number of β-amino-alcohol motifs (C(OH)–C–C–N with tert-alkyl or cyclic N) is 1. The van der Waals surface area contributed by atoms with Gasteiger partial charge in [-0.25, -0.2) is 0 Å². The number of benzene rings is 1. The lowest BCUT2D eigenvalue weighted by Gasteiger charge is -2.30. The summed E-state index contributed by atoms with van der Waals surface area (Å²) in [6.07, 6.45) is 0.587. The summed E-state index contributed by atoms with van der Waals surface area (Å²) in [6, 6.07) is 7.46. The minimum absolute atomic E-state index is 0.0882. The highest BCUT2D eigenvalue weighted by Gasteiger charge is 2.24. The van der Waals surface area contributed by atoms with Crippen molar-refractivity contribution in [1.82, 2.24) is 4.90 Å². The number of hydrogen-bond donors (Lipinski definition) is 1. The Labute approximate surface area is 99.6 Å². The van der Waals surface area contributed by atoms with Crippen molar-refractivity contribution in [1.29, 1.82) is 0 Å². The molecule has 0 aromatic heterocycles. The van der Waals surface area contributed by atoms with Crippen LogP contribution in [-0.2, 0) is 11.3 Å². The van der Waals surface area contributed by atoms with E-state index in [-0.39, 0.29) is 5.91 Å². The first-order valence-electron chi connectivity index (χ1n) is 5.36. The Morgan fingerprint density at radius 2 is 2.19 bits per heavy atom. The van der Waals surface area contributed by atoms with E-state index >= 15 is 0 Å². The van der Waals surface area contributed by atoms with Crippen molar-refractivity contribution in [2.45, 2.75) is 25.5 Å². The Kier molecular flexibility index (Phi) is 3.46. The molecule has 86 valence electrons. The van der Waals surface area contributed by atoms with Crippen LogP contribution in [0, 0.1) is 0 Å². The topological polar surface area (TPSA) is 40.5 Å². The average molecular weight is 240 g/mol. The maximum absolute atomic E-state index is 11.6. The first kappa shape index (κ1) is 11.4. The van der Waals surface area contributed by atoms with Crippen molar-refractivity contribution in [3.8, 4) is 0 Å². The smallest absolute Gasteiger partial charge is 0.223 e. The molecule has 1 unspecified atom stereocenters. The van der Waals surface area contributed by atoms with Crippen molar-refractivity contribution in [3.63, 3.8) is 0 Å². The van der Waals surface area contributed by atoms with Crippen LogP contribution in [0.4, 0.5) is 0 Å². The van der Waals surface area contributed by atoms with Crippen molar-refractivity contribution in [3.05, 3.63) is 34.9 Å². The van der Waals surface area contributed by atoms with Gasteiger partial charge in [0.25, 0.3) is 0 Å². The molecule has 0 bridgehead atoms. The lowest BCUT2D eigenvalue weighted by Crippen LogP contribution is -2.41. The Balaban J connectivity index is 2.09. The molecule has 0 saturated carbocycles. The lowest BCUT2D eigenvalue weighted by atomic mass is 10.1. The summed E-state index contributed by atoms with van der Waals surface area (Å²) in [5.41, 5.74) is 0.923. The molecule has 1 aromatic carbocycles. The van der Waals surface area contributed by atoms with Gasteiger partial charge in [0, 0.05) is 24.5 Å². The average Bonchev–Trinajstić information content (AvgIpc) is 2.27. The lowest BCUT2D eigenvalue weighted by molar-refractivity contribution is -0.137. The van der Waals surface area contributed by atoms with E-state index in [1.165, 1.54) is 0 Å². The summed E-state index contributed by atoms with van der Waals surface area (Å²) in [6.45, 7) is 0.889.